The van der Waals surface area contributed by atoms with Crippen LogP contribution in [0, 0.1) is 17.7 Å². The Morgan fingerprint density at radius 1 is 1.24 bits per heavy atom. The van der Waals surface area contributed by atoms with Crippen LogP contribution in [-0.4, -0.2) is 53.4 Å². The van der Waals surface area contributed by atoms with Crippen LogP contribution in [0.4, 0.5) is 10.1 Å². The molecule has 154 valence electrons. The maximum atomic E-state index is 13.4. The molecule has 0 saturated carbocycles. The summed E-state index contributed by atoms with van der Waals surface area (Å²) in [6, 6.07) is 10.7. The molecule has 1 aromatic heterocycles. The lowest BCUT2D eigenvalue weighted by Gasteiger charge is -2.37. The molecule has 0 spiro atoms. The van der Waals surface area contributed by atoms with Crippen LogP contribution in [0.5, 0.6) is 0 Å². The minimum atomic E-state index is -0.331. The fourth-order valence-electron chi connectivity index (χ4n) is 4.83. The SMILES string of the molecule is CN1C[C@@H](C(=O)Nc2cccc(F)c2)C[C@@H]1C1CCN(Cc2cccnc2)CC1. The van der Waals surface area contributed by atoms with Crippen molar-refractivity contribution in [2.75, 3.05) is 32.0 Å². The lowest BCUT2D eigenvalue weighted by Crippen LogP contribution is -2.41. The Morgan fingerprint density at radius 2 is 2.07 bits per heavy atom. The van der Waals surface area contributed by atoms with Crippen LogP contribution in [-0.2, 0) is 11.3 Å². The normalized spacial score (nSPS) is 23.9. The maximum Gasteiger partial charge on any atom is 0.228 e. The van der Waals surface area contributed by atoms with E-state index in [-0.39, 0.29) is 17.6 Å². The molecule has 5 nitrogen and oxygen atoms in total. The number of hydrogen-bond donors (Lipinski definition) is 1. The summed E-state index contributed by atoms with van der Waals surface area (Å²) in [5, 5.41) is 2.88. The second-order valence-electron chi connectivity index (χ2n) is 8.41. The molecule has 2 fully saturated rings. The predicted octanol–water partition coefficient (Wildman–Crippen LogP) is 3.39. The summed E-state index contributed by atoms with van der Waals surface area (Å²) in [5.74, 6) is 0.250. The van der Waals surface area contributed by atoms with Gasteiger partial charge in [-0.1, -0.05) is 12.1 Å². The number of aromatic nitrogens is 1. The van der Waals surface area contributed by atoms with Crippen LogP contribution in [0.1, 0.15) is 24.8 Å². The van der Waals surface area contributed by atoms with Gasteiger partial charge in [-0.2, -0.15) is 0 Å². The summed E-state index contributed by atoms with van der Waals surface area (Å²) in [7, 11) is 2.13. The van der Waals surface area contributed by atoms with Crippen molar-refractivity contribution in [3.8, 4) is 0 Å². The number of nitrogens with one attached hydrogen (secondary N) is 1. The third kappa shape index (κ3) is 5.00. The van der Waals surface area contributed by atoms with Crippen molar-refractivity contribution in [1.82, 2.24) is 14.8 Å². The Balaban J connectivity index is 1.28. The molecule has 0 aliphatic carbocycles. The summed E-state index contributed by atoms with van der Waals surface area (Å²) in [5.41, 5.74) is 1.79. The van der Waals surface area contributed by atoms with Gasteiger partial charge in [0.1, 0.15) is 5.82 Å². The van der Waals surface area contributed by atoms with E-state index in [1.165, 1.54) is 17.7 Å². The molecule has 2 aromatic rings. The summed E-state index contributed by atoms with van der Waals surface area (Å²) < 4.78 is 13.4. The van der Waals surface area contributed by atoms with Crippen LogP contribution in [0.2, 0.25) is 0 Å². The second kappa shape index (κ2) is 9.01. The number of amides is 1. The Hall–Kier alpha value is -2.31. The van der Waals surface area contributed by atoms with Crippen molar-refractivity contribution in [1.29, 1.82) is 0 Å². The predicted molar refractivity (Wildman–Crippen MR) is 112 cm³/mol. The fraction of sp³-hybridized carbons (Fsp3) is 0.478. The average Bonchev–Trinajstić information content (AvgIpc) is 3.11. The molecular weight excluding hydrogens is 367 g/mol. The summed E-state index contributed by atoms with van der Waals surface area (Å²) >= 11 is 0. The monoisotopic (exact) mass is 396 g/mol. The lowest BCUT2D eigenvalue weighted by atomic mass is 9.86. The van der Waals surface area contributed by atoms with E-state index in [1.807, 2.05) is 18.5 Å². The van der Waals surface area contributed by atoms with Crippen molar-refractivity contribution in [2.24, 2.45) is 11.8 Å². The number of anilines is 1. The van der Waals surface area contributed by atoms with E-state index >= 15 is 0 Å². The van der Waals surface area contributed by atoms with Gasteiger partial charge in [0.25, 0.3) is 0 Å². The minimum Gasteiger partial charge on any atom is -0.326 e. The van der Waals surface area contributed by atoms with E-state index in [9.17, 15) is 9.18 Å². The molecule has 2 aliphatic rings. The summed E-state index contributed by atoms with van der Waals surface area (Å²) in [6.07, 6.45) is 6.96. The number of nitrogens with zero attached hydrogens (tertiary/aromatic N) is 3. The first-order chi connectivity index (χ1) is 14.1. The fourth-order valence-corrected chi connectivity index (χ4v) is 4.83. The van der Waals surface area contributed by atoms with Crippen LogP contribution in [0.15, 0.2) is 48.8 Å². The molecule has 6 heteroatoms. The van der Waals surface area contributed by atoms with E-state index < -0.39 is 0 Å². The van der Waals surface area contributed by atoms with Gasteiger partial charge < -0.3 is 10.2 Å². The van der Waals surface area contributed by atoms with E-state index in [4.69, 9.17) is 0 Å². The van der Waals surface area contributed by atoms with Crippen molar-refractivity contribution < 1.29 is 9.18 Å². The smallest absolute Gasteiger partial charge is 0.228 e. The molecule has 0 radical (unpaired) electrons. The highest BCUT2D eigenvalue weighted by atomic mass is 19.1. The van der Waals surface area contributed by atoms with Gasteiger partial charge in [0, 0.05) is 37.2 Å². The Morgan fingerprint density at radius 3 is 2.79 bits per heavy atom. The average molecular weight is 397 g/mol. The topological polar surface area (TPSA) is 48.5 Å². The number of likely N-dealkylation sites (tertiary alicyclic amines) is 2. The molecule has 0 bridgehead atoms. The highest BCUT2D eigenvalue weighted by Gasteiger charge is 2.39. The lowest BCUT2D eigenvalue weighted by molar-refractivity contribution is -0.119. The first-order valence-electron chi connectivity index (χ1n) is 10.5. The third-order valence-corrected chi connectivity index (χ3v) is 6.37. The van der Waals surface area contributed by atoms with Crippen LogP contribution in [0.25, 0.3) is 0 Å². The summed E-state index contributed by atoms with van der Waals surface area (Å²) in [4.78, 5) is 21.7. The zero-order valence-electron chi connectivity index (χ0n) is 16.9. The van der Waals surface area contributed by atoms with Crippen molar-refractivity contribution in [3.05, 3.63) is 60.2 Å². The number of carbonyl (C=O) groups excluding carboxylic acids is 1. The molecule has 2 aliphatic heterocycles. The molecule has 1 aromatic carbocycles. The number of rotatable bonds is 5. The summed E-state index contributed by atoms with van der Waals surface area (Å²) in [6.45, 7) is 3.90. The highest BCUT2D eigenvalue weighted by molar-refractivity contribution is 5.92. The van der Waals surface area contributed by atoms with Crippen molar-refractivity contribution >= 4 is 11.6 Å². The quantitative estimate of drug-likeness (QED) is 0.842. The van der Waals surface area contributed by atoms with Crippen LogP contribution < -0.4 is 5.32 Å². The van der Waals surface area contributed by atoms with Crippen molar-refractivity contribution in [2.45, 2.75) is 31.8 Å². The molecule has 3 heterocycles. The Labute approximate surface area is 171 Å². The van der Waals surface area contributed by atoms with Crippen molar-refractivity contribution in [3.63, 3.8) is 0 Å². The zero-order valence-corrected chi connectivity index (χ0v) is 16.9. The molecular formula is C23H29FN4O. The molecule has 0 unspecified atom stereocenters. The molecule has 1 N–H and O–H groups in total. The molecule has 4 rings (SSSR count). The number of hydrogen-bond acceptors (Lipinski definition) is 4. The molecule has 1 amide bonds. The number of halogens is 1. The zero-order chi connectivity index (χ0) is 20.2. The second-order valence-corrected chi connectivity index (χ2v) is 8.41. The number of pyridine rings is 1. The first kappa shape index (κ1) is 20.0. The highest BCUT2D eigenvalue weighted by Crippen LogP contribution is 2.33. The number of piperidine rings is 1. The van der Waals surface area contributed by atoms with Gasteiger partial charge in [-0.3, -0.25) is 14.7 Å². The van der Waals surface area contributed by atoms with Gasteiger partial charge in [-0.25, -0.2) is 4.39 Å². The van der Waals surface area contributed by atoms with Gasteiger partial charge in [-0.15, -0.1) is 0 Å². The molecule has 29 heavy (non-hydrogen) atoms. The molecule has 2 atom stereocenters. The van der Waals surface area contributed by atoms with Crippen LogP contribution >= 0.6 is 0 Å². The van der Waals surface area contributed by atoms with Gasteiger partial charge >= 0.3 is 0 Å². The van der Waals surface area contributed by atoms with Gasteiger partial charge in [0.15, 0.2) is 0 Å². The van der Waals surface area contributed by atoms with E-state index in [1.54, 1.807) is 12.1 Å². The Kier molecular flexibility index (Phi) is 6.21. The van der Waals surface area contributed by atoms with Crippen LogP contribution in [0.3, 0.4) is 0 Å². The van der Waals surface area contributed by atoms with Gasteiger partial charge in [-0.05, 0) is 75.1 Å². The largest absolute Gasteiger partial charge is 0.326 e. The number of benzene rings is 1. The maximum absolute atomic E-state index is 13.4. The van der Waals surface area contributed by atoms with E-state index in [0.29, 0.717) is 17.6 Å². The standard InChI is InChI=1S/C23H29FN4O/c1-27-16-19(23(29)26-21-6-2-5-20(24)13-21)12-22(27)18-7-10-28(11-8-18)15-17-4-3-9-25-14-17/h2-6,9,13-14,18-19,22H,7-8,10-12,15-16H2,1H3,(H,26,29)/t19-,22+/m0/s1. The van der Waals surface area contributed by atoms with E-state index in [0.717, 1.165) is 45.4 Å². The molecule has 2 saturated heterocycles. The Bertz CT molecular complexity index is 823. The first-order valence-corrected chi connectivity index (χ1v) is 10.5. The van der Waals surface area contributed by atoms with Gasteiger partial charge in [0.05, 0.1) is 5.92 Å². The minimum absolute atomic E-state index is 0.000960. The number of carbonyl (C=O) groups is 1. The van der Waals surface area contributed by atoms with E-state index in [2.05, 4.69) is 33.2 Å². The third-order valence-electron chi connectivity index (χ3n) is 6.37. The van der Waals surface area contributed by atoms with Gasteiger partial charge in [0.2, 0.25) is 5.91 Å².